The van der Waals surface area contributed by atoms with Gasteiger partial charge in [0.05, 0.1) is 11.4 Å². The second-order valence-electron chi connectivity index (χ2n) is 7.11. The van der Waals surface area contributed by atoms with Crippen molar-refractivity contribution in [3.63, 3.8) is 0 Å². The zero-order valence-electron chi connectivity index (χ0n) is 17.8. The minimum absolute atomic E-state index is 0.238. The Hall–Kier alpha value is -3.85. The highest BCUT2D eigenvalue weighted by Gasteiger charge is 2.25. The van der Waals surface area contributed by atoms with Gasteiger partial charge in [0.25, 0.3) is 5.91 Å². The van der Waals surface area contributed by atoms with Crippen LogP contribution in [0.25, 0.3) is 16.9 Å². The van der Waals surface area contributed by atoms with Crippen molar-refractivity contribution >= 4 is 28.3 Å². The summed E-state index contributed by atoms with van der Waals surface area (Å²) in [7, 11) is 0. The molecule has 162 valence electrons. The first-order valence-corrected chi connectivity index (χ1v) is 10.8. The van der Waals surface area contributed by atoms with E-state index in [1.165, 1.54) is 18.3 Å². The lowest BCUT2D eigenvalue weighted by Gasteiger charge is -2.12. The van der Waals surface area contributed by atoms with Crippen LogP contribution in [0.1, 0.15) is 27.9 Å². The van der Waals surface area contributed by atoms with Crippen molar-refractivity contribution in [2.45, 2.75) is 26.9 Å². The van der Waals surface area contributed by atoms with E-state index in [1.807, 2.05) is 50.2 Å². The van der Waals surface area contributed by atoms with Crippen LogP contribution in [0, 0.1) is 13.8 Å². The monoisotopic (exact) mass is 447 g/mol. The number of aryl methyl sites for hydroxylation is 2. The van der Waals surface area contributed by atoms with E-state index in [4.69, 9.17) is 4.74 Å². The van der Waals surface area contributed by atoms with Crippen molar-refractivity contribution in [1.82, 2.24) is 19.7 Å². The molecule has 1 amide bonds. The van der Waals surface area contributed by atoms with E-state index < -0.39 is 18.0 Å². The Labute approximate surface area is 188 Å². The molecule has 4 rings (SSSR count). The Kier molecular flexibility index (Phi) is 6.09. The van der Waals surface area contributed by atoms with Crippen molar-refractivity contribution in [2.24, 2.45) is 0 Å². The molecule has 3 heterocycles. The summed E-state index contributed by atoms with van der Waals surface area (Å²) >= 11 is 1.37. The number of ether oxygens (including phenoxy) is 1. The zero-order chi connectivity index (χ0) is 22.7. The molecular weight excluding hydrogens is 426 g/mol. The predicted molar refractivity (Wildman–Crippen MR) is 122 cm³/mol. The fraction of sp³-hybridized carbons (Fsp3) is 0.174. The summed E-state index contributed by atoms with van der Waals surface area (Å²) in [4.78, 5) is 35.0. The number of hydrogen-bond acceptors (Lipinski definition) is 7. The lowest BCUT2D eigenvalue weighted by Crippen LogP contribution is -2.30. The van der Waals surface area contributed by atoms with Gasteiger partial charge < -0.3 is 4.74 Å². The molecule has 8 nitrogen and oxygen atoms in total. The number of benzene rings is 1. The van der Waals surface area contributed by atoms with Crippen molar-refractivity contribution in [3.8, 4) is 16.9 Å². The highest BCUT2D eigenvalue weighted by Crippen LogP contribution is 2.25. The first kappa shape index (κ1) is 21.4. The van der Waals surface area contributed by atoms with Crippen LogP contribution in [0.15, 0.2) is 61.1 Å². The molecule has 0 fully saturated rings. The summed E-state index contributed by atoms with van der Waals surface area (Å²) in [5.41, 5.74) is 2.97. The van der Waals surface area contributed by atoms with E-state index in [-0.39, 0.29) is 5.56 Å². The zero-order valence-corrected chi connectivity index (χ0v) is 18.6. The summed E-state index contributed by atoms with van der Waals surface area (Å²) in [5.74, 6) is -1.11. The van der Waals surface area contributed by atoms with E-state index >= 15 is 0 Å². The van der Waals surface area contributed by atoms with E-state index in [1.54, 1.807) is 29.3 Å². The van der Waals surface area contributed by atoms with Gasteiger partial charge in [-0.2, -0.15) is 5.10 Å². The number of aromatic nitrogens is 4. The topological polar surface area (TPSA) is 99.0 Å². The maximum absolute atomic E-state index is 13.0. The standard InChI is InChI=1S/C23H21N5O3S/c1-14-16(3)32-23(25-14)26-21(29)15(2)31-22(30)19-13-28(18-9-5-4-6-10-18)27-20(19)17-8-7-11-24-12-17/h4-13,15H,1-3H3,(H,25,26,29). The molecule has 4 aromatic rings. The van der Waals surface area contributed by atoms with Gasteiger partial charge in [-0.05, 0) is 45.0 Å². The molecule has 3 aromatic heterocycles. The molecule has 0 bridgehead atoms. The number of para-hydroxylation sites is 1. The van der Waals surface area contributed by atoms with Crippen molar-refractivity contribution < 1.29 is 14.3 Å². The first-order valence-electron chi connectivity index (χ1n) is 9.93. The quantitative estimate of drug-likeness (QED) is 0.445. The Bertz CT molecular complexity index is 1230. The first-order chi connectivity index (χ1) is 15.4. The van der Waals surface area contributed by atoms with Crippen LogP contribution in [0.5, 0.6) is 0 Å². The van der Waals surface area contributed by atoms with Gasteiger partial charge in [-0.25, -0.2) is 14.5 Å². The number of rotatable bonds is 6. The van der Waals surface area contributed by atoms with Crippen LogP contribution in [0.3, 0.4) is 0 Å². The molecule has 0 saturated carbocycles. The molecule has 0 aliphatic heterocycles. The summed E-state index contributed by atoms with van der Waals surface area (Å²) in [5, 5.41) is 7.74. The molecule has 1 N–H and O–H groups in total. The van der Waals surface area contributed by atoms with Gasteiger partial charge in [0.1, 0.15) is 11.3 Å². The Balaban J connectivity index is 1.58. The van der Waals surface area contributed by atoms with Crippen LogP contribution in [0.4, 0.5) is 5.13 Å². The lowest BCUT2D eigenvalue weighted by atomic mass is 10.1. The molecule has 0 aliphatic rings. The van der Waals surface area contributed by atoms with Gasteiger partial charge in [0, 0.05) is 29.0 Å². The highest BCUT2D eigenvalue weighted by atomic mass is 32.1. The molecule has 0 spiro atoms. The maximum atomic E-state index is 13.0. The molecule has 0 aliphatic carbocycles. The van der Waals surface area contributed by atoms with Crippen molar-refractivity contribution in [1.29, 1.82) is 0 Å². The van der Waals surface area contributed by atoms with Crippen LogP contribution in [0.2, 0.25) is 0 Å². The van der Waals surface area contributed by atoms with Crippen molar-refractivity contribution in [3.05, 3.63) is 77.2 Å². The molecule has 0 radical (unpaired) electrons. The van der Waals surface area contributed by atoms with Crippen LogP contribution in [-0.2, 0) is 9.53 Å². The number of nitrogens with zero attached hydrogens (tertiary/aromatic N) is 4. The fourth-order valence-corrected chi connectivity index (χ4v) is 3.78. The summed E-state index contributed by atoms with van der Waals surface area (Å²) in [6.07, 6.45) is 3.84. The third-order valence-corrected chi connectivity index (χ3v) is 5.79. The summed E-state index contributed by atoms with van der Waals surface area (Å²) in [6.45, 7) is 5.32. The van der Waals surface area contributed by atoms with E-state index in [9.17, 15) is 9.59 Å². The number of esters is 1. The van der Waals surface area contributed by atoms with Crippen LogP contribution < -0.4 is 5.32 Å². The predicted octanol–water partition coefficient (Wildman–Crippen LogP) is 4.19. The number of anilines is 1. The Morgan fingerprint density at radius 2 is 1.91 bits per heavy atom. The van der Waals surface area contributed by atoms with Crippen LogP contribution >= 0.6 is 11.3 Å². The third-order valence-electron chi connectivity index (χ3n) is 4.80. The Morgan fingerprint density at radius 3 is 2.56 bits per heavy atom. The average molecular weight is 448 g/mol. The van der Waals surface area contributed by atoms with E-state index in [0.29, 0.717) is 16.4 Å². The number of hydrogen-bond donors (Lipinski definition) is 1. The number of nitrogens with one attached hydrogen (secondary N) is 1. The summed E-state index contributed by atoms with van der Waals surface area (Å²) < 4.78 is 7.07. The summed E-state index contributed by atoms with van der Waals surface area (Å²) in [6, 6.07) is 13.0. The molecule has 1 atom stereocenters. The van der Waals surface area contributed by atoms with Gasteiger partial charge >= 0.3 is 5.97 Å². The van der Waals surface area contributed by atoms with E-state index in [0.717, 1.165) is 16.3 Å². The highest BCUT2D eigenvalue weighted by molar-refractivity contribution is 7.15. The lowest BCUT2D eigenvalue weighted by molar-refractivity contribution is -0.123. The SMILES string of the molecule is Cc1nc(NC(=O)C(C)OC(=O)c2cn(-c3ccccc3)nc2-c2cccnc2)sc1C. The van der Waals surface area contributed by atoms with Gasteiger partial charge in [0.2, 0.25) is 0 Å². The maximum Gasteiger partial charge on any atom is 0.342 e. The molecular formula is C23H21N5O3S. The number of carbonyl (C=O) groups is 2. The number of amides is 1. The minimum atomic E-state index is -1.02. The molecule has 9 heteroatoms. The fourth-order valence-electron chi connectivity index (χ4n) is 2.96. The molecule has 32 heavy (non-hydrogen) atoms. The normalized spacial score (nSPS) is 11.7. The number of thiazole rings is 1. The van der Waals surface area contributed by atoms with Gasteiger partial charge in [0.15, 0.2) is 11.2 Å². The van der Waals surface area contributed by atoms with Gasteiger partial charge in [-0.1, -0.05) is 18.2 Å². The second-order valence-corrected chi connectivity index (χ2v) is 8.31. The van der Waals surface area contributed by atoms with Gasteiger partial charge in [-0.3, -0.25) is 15.1 Å². The third kappa shape index (κ3) is 4.57. The second kappa shape index (κ2) is 9.11. The van der Waals surface area contributed by atoms with E-state index in [2.05, 4.69) is 20.4 Å². The van der Waals surface area contributed by atoms with Crippen LogP contribution in [-0.4, -0.2) is 37.7 Å². The molecule has 1 aromatic carbocycles. The Morgan fingerprint density at radius 1 is 1.12 bits per heavy atom. The average Bonchev–Trinajstić information content (AvgIpc) is 3.38. The van der Waals surface area contributed by atoms with Crippen molar-refractivity contribution in [2.75, 3.05) is 5.32 Å². The number of carbonyl (C=O) groups excluding carboxylic acids is 2. The minimum Gasteiger partial charge on any atom is -0.449 e. The molecule has 1 unspecified atom stereocenters. The smallest absolute Gasteiger partial charge is 0.342 e. The van der Waals surface area contributed by atoms with Gasteiger partial charge in [-0.15, -0.1) is 11.3 Å². The largest absolute Gasteiger partial charge is 0.449 e. The molecule has 0 saturated heterocycles. The number of pyridine rings is 1.